The number of para-hydroxylation sites is 1. The van der Waals surface area contributed by atoms with Crippen molar-refractivity contribution < 1.29 is 13.2 Å². The summed E-state index contributed by atoms with van der Waals surface area (Å²) in [5, 5.41) is 0. The molecule has 1 aliphatic heterocycles. The standard InChI is InChI=1S/C23H21NO3S/c1-16-7-11-18(12-8-16)22-15-23(25)20-5-3-4-6-21(20)24(22)28(26,27)19-13-9-17(2)10-14-19/h3-14,22H,15H2,1-2H3/t22-/m0/s1. The highest BCUT2D eigenvalue weighted by Gasteiger charge is 2.39. The lowest BCUT2D eigenvalue weighted by atomic mass is 9.92. The summed E-state index contributed by atoms with van der Waals surface area (Å²) in [6.07, 6.45) is 0.116. The normalized spacial score (nSPS) is 16.7. The second-order valence-electron chi connectivity index (χ2n) is 7.18. The van der Waals surface area contributed by atoms with E-state index in [1.54, 1.807) is 48.5 Å². The molecular weight excluding hydrogens is 370 g/mol. The molecule has 0 saturated heterocycles. The summed E-state index contributed by atoms with van der Waals surface area (Å²) in [4.78, 5) is 13.0. The highest BCUT2D eigenvalue weighted by atomic mass is 32.2. The predicted octanol–water partition coefficient (Wildman–Crippen LogP) is 4.83. The number of fused-ring (bicyclic) bond motifs is 1. The van der Waals surface area contributed by atoms with Gasteiger partial charge < -0.3 is 0 Å². The summed E-state index contributed by atoms with van der Waals surface area (Å²) in [5.74, 6) is -0.0449. The third-order valence-electron chi connectivity index (χ3n) is 5.14. The van der Waals surface area contributed by atoms with E-state index in [1.165, 1.54) is 4.31 Å². The number of sulfonamides is 1. The van der Waals surface area contributed by atoms with Gasteiger partial charge in [-0.05, 0) is 43.7 Å². The zero-order valence-electron chi connectivity index (χ0n) is 15.8. The number of hydrogen-bond donors (Lipinski definition) is 0. The van der Waals surface area contributed by atoms with Crippen molar-refractivity contribution in [2.75, 3.05) is 4.31 Å². The summed E-state index contributed by atoms with van der Waals surface area (Å²) in [5.41, 5.74) is 3.76. The minimum Gasteiger partial charge on any atom is -0.294 e. The van der Waals surface area contributed by atoms with Gasteiger partial charge in [-0.3, -0.25) is 9.10 Å². The molecule has 3 aromatic rings. The molecule has 0 radical (unpaired) electrons. The molecule has 142 valence electrons. The van der Waals surface area contributed by atoms with Crippen molar-refractivity contribution in [1.82, 2.24) is 0 Å². The SMILES string of the molecule is Cc1ccc([C@@H]2CC(=O)c3ccccc3N2S(=O)(=O)c2ccc(C)cc2)cc1. The molecule has 4 rings (SSSR count). The maximum absolute atomic E-state index is 13.6. The van der Waals surface area contributed by atoms with E-state index in [0.717, 1.165) is 16.7 Å². The van der Waals surface area contributed by atoms with Gasteiger partial charge in [0.1, 0.15) is 0 Å². The van der Waals surface area contributed by atoms with Gasteiger partial charge in [0.2, 0.25) is 0 Å². The molecule has 3 aromatic carbocycles. The molecule has 0 saturated carbocycles. The molecule has 0 unspecified atom stereocenters. The van der Waals surface area contributed by atoms with Crippen LogP contribution in [0.1, 0.15) is 39.5 Å². The van der Waals surface area contributed by atoms with Gasteiger partial charge in [-0.1, -0.05) is 59.7 Å². The lowest BCUT2D eigenvalue weighted by Crippen LogP contribution is -2.40. The molecule has 0 amide bonds. The van der Waals surface area contributed by atoms with Crippen molar-refractivity contribution in [2.45, 2.75) is 31.2 Å². The van der Waals surface area contributed by atoms with Gasteiger partial charge in [0, 0.05) is 12.0 Å². The average Bonchev–Trinajstić information content (AvgIpc) is 2.68. The molecule has 0 spiro atoms. The van der Waals surface area contributed by atoms with Crippen LogP contribution in [0.4, 0.5) is 5.69 Å². The lowest BCUT2D eigenvalue weighted by molar-refractivity contribution is 0.0969. The average molecular weight is 391 g/mol. The minimum absolute atomic E-state index is 0.0449. The number of nitrogens with zero attached hydrogens (tertiary/aromatic N) is 1. The molecule has 5 heteroatoms. The Kier molecular flexibility index (Phi) is 4.55. The van der Waals surface area contributed by atoms with Crippen molar-refractivity contribution in [3.63, 3.8) is 0 Å². The number of Topliss-reactive ketones (excluding diaryl/α,β-unsaturated/α-hetero) is 1. The Morgan fingerprint density at radius 1 is 0.821 bits per heavy atom. The van der Waals surface area contributed by atoms with Crippen LogP contribution >= 0.6 is 0 Å². The van der Waals surface area contributed by atoms with E-state index in [2.05, 4.69) is 0 Å². The van der Waals surface area contributed by atoms with Crippen LogP contribution in [0, 0.1) is 13.8 Å². The smallest absolute Gasteiger partial charge is 0.264 e. The van der Waals surface area contributed by atoms with Crippen molar-refractivity contribution in [2.24, 2.45) is 0 Å². The molecular formula is C23H21NO3S. The summed E-state index contributed by atoms with van der Waals surface area (Å²) in [6.45, 7) is 3.90. The molecule has 0 fully saturated rings. The van der Waals surface area contributed by atoms with E-state index in [-0.39, 0.29) is 17.1 Å². The van der Waals surface area contributed by atoms with Crippen molar-refractivity contribution >= 4 is 21.5 Å². The first-order valence-electron chi connectivity index (χ1n) is 9.18. The number of carbonyl (C=O) groups is 1. The maximum atomic E-state index is 13.6. The Balaban J connectivity index is 1.92. The number of rotatable bonds is 3. The quantitative estimate of drug-likeness (QED) is 0.643. The van der Waals surface area contributed by atoms with E-state index in [1.807, 2.05) is 38.1 Å². The Morgan fingerprint density at radius 2 is 1.39 bits per heavy atom. The number of aryl methyl sites for hydroxylation is 2. The first-order valence-corrected chi connectivity index (χ1v) is 10.6. The Morgan fingerprint density at radius 3 is 2.04 bits per heavy atom. The van der Waals surface area contributed by atoms with Crippen LogP contribution in [0.15, 0.2) is 77.7 Å². The lowest BCUT2D eigenvalue weighted by Gasteiger charge is -2.37. The van der Waals surface area contributed by atoms with Gasteiger partial charge in [0.15, 0.2) is 5.78 Å². The van der Waals surface area contributed by atoms with E-state index < -0.39 is 16.1 Å². The van der Waals surface area contributed by atoms with Gasteiger partial charge in [0.25, 0.3) is 10.0 Å². The first kappa shape index (κ1) is 18.4. The van der Waals surface area contributed by atoms with Gasteiger partial charge >= 0.3 is 0 Å². The van der Waals surface area contributed by atoms with Gasteiger partial charge in [-0.15, -0.1) is 0 Å². The maximum Gasteiger partial charge on any atom is 0.264 e. The molecule has 28 heavy (non-hydrogen) atoms. The monoisotopic (exact) mass is 391 g/mol. The number of carbonyl (C=O) groups excluding carboxylic acids is 1. The third-order valence-corrected chi connectivity index (χ3v) is 6.98. The molecule has 4 nitrogen and oxygen atoms in total. The van der Waals surface area contributed by atoms with Crippen LogP contribution in [-0.4, -0.2) is 14.2 Å². The summed E-state index contributed by atoms with van der Waals surface area (Å²) in [7, 11) is -3.84. The summed E-state index contributed by atoms with van der Waals surface area (Å²) < 4.78 is 28.7. The molecule has 0 bridgehead atoms. The van der Waals surface area contributed by atoms with E-state index in [4.69, 9.17) is 0 Å². The Hall–Kier alpha value is -2.92. The minimum atomic E-state index is -3.84. The fraction of sp³-hybridized carbons (Fsp3) is 0.174. The largest absolute Gasteiger partial charge is 0.294 e. The van der Waals surface area contributed by atoms with Crippen LogP contribution < -0.4 is 4.31 Å². The number of ketones is 1. The van der Waals surface area contributed by atoms with E-state index >= 15 is 0 Å². The van der Waals surface area contributed by atoms with Crippen LogP contribution in [0.5, 0.6) is 0 Å². The fourth-order valence-corrected chi connectivity index (χ4v) is 5.26. The van der Waals surface area contributed by atoms with Crippen molar-refractivity contribution in [3.8, 4) is 0 Å². The van der Waals surface area contributed by atoms with E-state index in [9.17, 15) is 13.2 Å². The molecule has 0 aliphatic carbocycles. The summed E-state index contributed by atoms with van der Waals surface area (Å²) in [6, 6.07) is 20.9. The molecule has 1 aliphatic rings. The fourth-order valence-electron chi connectivity index (χ4n) is 3.60. The van der Waals surface area contributed by atoms with Crippen molar-refractivity contribution in [1.29, 1.82) is 0 Å². The second kappa shape index (κ2) is 6.91. The molecule has 0 aromatic heterocycles. The Bertz CT molecular complexity index is 1130. The van der Waals surface area contributed by atoms with Crippen molar-refractivity contribution in [3.05, 3.63) is 95.1 Å². The zero-order valence-corrected chi connectivity index (χ0v) is 16.6. The highest BCUT2D eigenvalue weighted by Crippen LogP contribution is 2.42. The second-order valence-corrected chi connectivity index (χ2v) is 9.00. The van der Waals surface area contributed by atoms with Gasteiger partial charge in [-0.25, -0.2) is 8.42 Å². The van der Waals surface area contributed by atoms with Crippen LogP contribution in [0.2, 0.25) is 0 Å². The number of hydrogen-bond acceptors (Lipinski definition) is 3. The third kappa shape index (κ3) is 3.12. The molecule has 1 heterocycles. The van der Waals surface area contributed by atoms with Crippen LogP contribution in [-0.2, 0) is 10.0 Å². The number of benzene rings is 3. The summed E-state index contributed by atoms with van der Waals surface area (Å²) >= 11 is 0. The number of anilines is 1. The van der Waals surface area contributed by atoms with E-state index in [0.29, 0.717) is 11.3 Å². The van der Waals surface area contributed by atoms with Gasteiger partial charge in [0.05, 0.1) is 16.6 Å². The zero-order chi connectivity index (χ0) is 19.9. The molecule has 1 atom stereocenters. The topological polar surface area (TPSA) is 54.5 Å². The highest BCUT2D eigenvalue weighted by molar-refractivity contribution is 7.92. The molecule has 0 N–H and O–H groups in total. The Labute approximate surface area is 165 Å². The van der Waals surface area contributed by atoms with Crippen LogP contribution in [0.25, 0.3) is 0 Å². The van der Waals surface area contributed by atoms with Crippen LogP contribution in [0.3, 0.4) is 0 Å². The van der Waals surface area contributed by atoms with Gasteiger partial charge in [-0.2, -0.15) is 0 Å². The predicted molar refractivity (Wildman–Crippen MR) is 110 cm³/mol. The first-order chi connectivity index (χ1) is 13.4.